The summed E-state index contributed by atoms with van der Waals surface area (Å²) in [6.45, 7) is 13.1. The number of hydrogen-bond donors (Lipinski definition) is 2. The number of fused-ring (bicyclic) bond motifs is 2. The first kappa shape index (κ1) is 57.7. The van der Waals surface area contributed by atoms with Crippen LogP contribution in [0.1, 0.15) is 91.4 Å². The zero-order valence-electron chi connectivity index (χ0n) is 45.1. The molecule has 10 rings (SSSR count). The summed E-state index contributed by atoms with van der Waals surface area (Å²) < 4.78 is 97.5. The molecular formula is C56H60F6N10O6S2. The molecule has 2 fully saturated rings. The third kappa shape index (κ3) is 11.1. The number of piperazine rings is 2. The van der Waals surface area contributed by atoms with Crippen LogP contribution in [0, 0.1) is 27.7 Å². The van der Waals surface area contributed by atoms with Gasteiger partial charge < -0.3 is 29.5 Å². The van der Waals surface area contributed by atoms with Gasteiger partial charge in [0.25, 0.3) is 11.8 Å². The molecule has 0 saturated carbocycles. The van der Waals surface area contributed by atoms with Gasteiger partial charge in [0, 0.05) is 73.6 Å². The number of benzene rings is 2. The number of carbonyl (C=O) groups excluding carboxylic acids is 2. The number of aliphatic hydroxyl groups is 2. The molecule has 2 saturated heterocycles. The average molecular weight is 1150 g/mol. The Kier molecular flexibility index (Phi) is 16.8. The molecule has 2 aliphatic rings. The molecule has 0 radical (unpaired) electrons. The molecule has 4 atom stereocenters. The van der Waals surface area contributed by atoms with Crippen molar-refractivity contribution in [3.05, 3.63) is 138 Å². The lowest BCUT2D eigenvalue weighted by molar-refractivity contribution is -0.144. The minimum Gasteiger partial charge on any atom is -0.497 e. The Morgan fingerprint density at radius 3 is 1.25 bits per heavy atom. The van der Waals surface area contributed by atoms with Gasteiger partial charge in [-0.2, -0.15) is 59.2 Å². The van der Waals surface area contributed by atoms with E-state index in [9.17, 15) is 46.1 Å². The van der Waals surface area contributed by atoms with Crippen LogP contribution in [0.5, 0.6) is 11.5 Å². The highest BCUT2D eigenvalue weighted by molar-refractivity contribution is 7.08. The largest absolute Gasteiger partial charge is 0.497 e. The third-order valence-electron chi connectivity index (χ3n) is 15.1. The number of aryl methyl sites for hydroxylation is 2. The summed E-state index contributed by atoms with van der Waals surface area (Å²) in [4.78, 5) is 44.2. The van der Waals surface area contributed by atoms with Gasteiger partial charge in [0.1, 0.15) is 22.6 Å². The zero-order chi connectivity index (χ0) is 57.5. The van der Waals surface area contributed by atoms with Crippen LogP contribution in [0.2, 0.25) is 0 Å². The van der Waals surface area contributed by atoms with E-state index < -0.39 is 35.6 Å². The van der Waals surface area contributed by atoms with E-state index in [2.05, 4.69) is 30.0 Å². The Hall–Kier alpha value is -6.96. The van der Waals surface area contributed by atoms with Gasteiger partial charge in [0.15, 0.2) is 22.7 Å². The van der Waals surface area contributed by atoms with Crippen molar-refractivity contribution < 1.29 is 55.6 Å². The normalized spacial score (nSPS) is 17.4. The fourth-order valence-electron chi connectivity index (χ4n) is 10.9. The molecule has 0 spiro atoms. The van der Waals surface area contributed by atoms with Gasteiger partial charge in [-0.05, 0) is 134 Å². The predicted molar refractivity (Wildman–Crippen MR) is 291 cm³/mol. The summed E-state index contributed by atoms with van der Waals surface area (Å²) in [5.41, 5.74) is 3.09. The van der Waals surface area contributed by atoms with Crippen LogP contribution in [0.15, 0.2) is 82.4 Å². The third-order valence-corrected chi connectivity index (χ3v) is 16.8. The van der Waals surface area contributed by atoms with Crippen molar-refractivity contribution in [3.8, 4) is 34.0 Å². The molecule has 8 heterocycles. The van der Waals surface area contributed by atoms with E-state index in [1.165, 1.54) is 40.5 Å². The van der Waals surface area contributed by atoms with Gasteiger partial charge in [-0.25, -0.2) is 19.0 Å². The molecule has 0 unspecified atom stereocenters. The second kappa shape index (κ2) is 23.3. The van der Waals surface area contributed by atoms with Gasteiger partial charge in [-0.1, -0.05) is 0 Å². The number of methoxy groups -OCH3 is 2. The number of ether oxygens (including phenoxy) is 2. The molecule has 16 nitrogen and oxygen atoms in total. The summed E-state index contributed by atoms with van der Waals surface area (Å²) in [5.74, 6) is 0.257. The number of thiophene rings is 2. The van der Waals surface area contributed by atoms with E-state index in [0.717, 1.165) is 31.3 Å². The minimum atomic E-state index is -4.73. The van der Waals surface area contributed by atoms with Crippen molar-refractivity contribution in [2.24, 2.45) is 0 Å². The zero-order valence-corrected chi connectivity index (χ0v) is 46.8. The summed E-state index contributed by atoms with van der Waals surface area (Å²) in [7, 11) is 3.01. The van der Waals surface area contributed by atoms with Crippen LogP contribution in [0.25, 0.3) is 33.8 Å². The molecule has 2 N–H and O–H groups in total. The number of nitrogens with zero attached hydrogens (tertiary/aromatic N) is 10. The van der Waals surface area contributed by atoms with Gasteiger partial charge in [-0.3, -0.25) is 19.4 Å². The molecule has 8 aromatic rings. The summed E-state index contributed by atoms with van der Waals surface area (Å²) >= 11 is 3.16. The Balaban J connectivity index is 0.000000194. The molecule has 2 aliphatic heterocycles. The topological polar surface area (TPSA) is 166 Å². The van der Waals surface area contributed by atoms with Crippen molar-refractivity contribution >= 4 is 45.8 Å². The number of amides is 2. The maximum Gasteiger partial charge on any atom is 0.433 e. The highest BCUT2D eigenvalue weighted by Crippen LogP contribution is 2.40. The Labute approximate surface area is 465 Å². The van der Waals surface area contributed by atoms with Crippen molar-refractivity contribution in [2.75, 3.05) is 66.7 Å². The lowest BCUT2D eigenvalue weighted by Gasteiger charge is -2.42. The highest BCUT2D eigenvalue weighted by atomic mass is 32.1. The van der Waals surface area contributed by atoms with Crippen molar-refractivity contribution in [2.45, 2.75) is 78.1 Å². The van der Waals surface area contributed by atoms with Crippen molar-refractivity contribution in [3.63, 3.8) is 0 Å². The van der Waals surface area contributed by atoms with E-state index in [-0.39, 0.29) is 82.3 Å². The number of alkyl halides is 6. The van der Waals surface area contributed by atoms with Crippen LogP contribution in [-0.4, -0.2) is 150 Å². The maximum atomic E-state index is 14.3. The molecular weight excluding hydrogens is 1090 g/mol. The molecule has 0 aliphatic carbocycles. The number of hydrogen-bond acceptors (Lipinski definition) is 14. The molecule has 2 aromatic carbocycles. The minimum absolute atomic E-state index is 0.00736. The molecule has 6 aromatic heterocycles. The predicted octanol–water partition coefficient (Wildman–Crippen LogP) is 9.96. The molecule has 0 bridgehead atoms. The first-order valence-corrected chi connectivity index (χ1v) is 27.6. The maximum absolute atomic E-state index is 14.3. The van der Waals surface area contributed by atoms with Crippen LogP contribution in [0.3, 0.4) is 0 Å². The van der Waals surface area contributed by atoms with Gasteiger partial charge in [0.2, 0.25) is 0 Å². The summed E-state index contributed by atoms with van der Waals surface area (Å²) in [5, 5.41) is 36.3. The highest BCUT2D eigenvalue weighted by Gasteiger charge is 2.42. The number of carbonyl (C=O) groups is 2. The van der Waals surface area contributed by atoms with Gasteiger partial charge in [0.05, 0.1) is 63.3 Å². The van der Waals surface area contributed by atoms with Gasteiger partial charge in [-0.15, -0.1) is 0 Å². The van der Waals surface area contributed by atoms with Crippen molar-refractivity contribution in [1.82, 2.24) is 48.8 Å². The SMILES string of the molecule is COc1ccc(-c2nc3c(C(=O)N4CCN([C@@H](CO)c5cscc5C)C[C@H]4C)cnn3c(C(F)(F)F)c2C)cc1.COc1ccc(-c2nc3c(C(=O)N4CCN([C@H](CO)c5cscc5C)C[C@H]4C)cnn3c(C(F)(F)F)c2C)cc1. The fraction of sp³-hybridized carbons (Fsp3) is 0.393. The molecule has 80 heavy (non-hydrogen) atoms. The van der Waals surface area contributed by atoms with Crippen LogP contribution >= 0.6 is 22.7 Å². The van der Waals surface area contributed by atoms with Crippen LogP contribution in [-0.2, 0) is 12.4 Å². The quantitative estimate of drug-likeness (QED) is 0.111. The standard InChI is InChI=1S/2C28H30F3N5O3S/c2*1-16-14-40-15-22(16)23(13-37)34-9-10-35(17(2)12-34)27(38)21-11-32-36-25(28(29,30)31)18(3)24(33-26(21)36)19-5-7-20(39-4)8-6-19/h2*5-8,11,14-15,17,23,37H,9-10,12-13H2,1-4H3/t17-,23+;17-,23-/m11/s1. The Morgan fingerprint density at radius 2 is 0.963 bits per heavy atom. The van der Waals surface area contributed by atoms with Crippen LogP contribution in [0.4, 0.5) is 26.3 Å². The molecule has 2 amide bonds. The average Bonchev–Trinajstić information content (AvgIpc) is 4.30. The van der Waals surface area contributed by atoms with E-state index in [1.807, 2.05) is 49.2 Å². The summed E-state index contributed by atoms with van der Waals surface area (Å²) in [6.07, 6.45) is -7.11. The number of aliphatic hydroxyl groups excluding tert-OH is 2. The number of aromatic nitrogens is 6. The van der Waals surface area contributed by atoms with E-state index >= 15 is 0 Å². The van der Waals surface area contributed by atoms with E-state index in [0.29, 0.717) is 61.9 Å². The second-order valence-electron chi connectivity index (χ2n) is 20.0. The van der Waals surface area contributed by atoms with Crippen LogP contribution < -0.4 is 9.47 Å². The lowest BCUT2D eigenvalue weighted by atomic mass is 10.0. The molecule has 24 heteroatoms. The van der Waals surface area contributed by atoms with Gasteiger partial charge >= 0.3 is 12.4 Å². The molecule has 424 valence electrons. The Morgan fingerprint density at radius 1 is 0.600 bits per heavy atom. The Bertz CT molecular complexity index is 3300. The van der Waals surface area contributed by atoms with E-state index in [4.69, 9.17) is 9.47 Å². The fourth-order valence-corrected chi connectivity index (χ4v) is 12.7. The number of halogens is 6. The number of rotatable bonds is 12. The smallest absolute Gasteiger partial charge is 0.433 e. The van der Waals surface area contributed by atoms with E-state index in [1.54, 1.807) is 81.0 Å². The lowest BCUT2D eigenvalue weighted by Crippen LogP contribution is -2.55. The first-order valence-electron chi connectivity index (χ1n) is 25.7. The second-order valence-corrected chi connectivity index (χ2v) is 21.5. The summed E-state index contributed by atoms with van der Waals surface area (Å²) in [6, 6.07) is 12.3. The monoisotopic (exact) mass is 1150 g/mol. The van der Waals surface area contributed by atoms with Crippen molar-refractivity contribution in [1.29, 1.82) is 0 Å². The first-order chi connectivity index (χ1) is 38.1.